The molecule has 0 spiro atoms. The molecule has 0 aliphatic carbocycles. The number of rotatable bonds is 4. The molecule has 0 fully saturated rings. The maximum Gasteiger partial charge on any atom is 0.137 e. The van der Waals surface area contributed by atoms with Gasteiger partial charge in [0.1, 0.15) is 18.0 Å². The second-order valence-electron chi connectivity index (χ2n) is 4.83. The molecule has 0 saturated carbocycles. The molecule has 0 radical (unpaired) electrons. The largest absolute Gasteiger partial charge is 0.487 e. The SMILES string of the molecule is Cc1cc(Br)cc(CCl)c1OCc1cn2ccccc2n1. The molecule has 2 heterocycles. The number of hydrogen-bond acceptors (Lipinski definition) is 2. The van der Waals surface area contributed by atoms with Crippen molar-refractivity contribution in [2.24, 2.45) is 0 Å². The van der Waals surface area contributed by atoms with E-state index in [2.05, 4.69) is 20.9 Å². The molecule has 0 unspecified atom stereocenters. The number of aromatic nitrogens is 2. The zero-order valence-corrected chi connectivity index (χ0v) is 13.9. The van der Waals surface area contributed by atoms with Gasteiger partial charge < -0.3 is 9.14 Å². The highest BCUT2D eigenvalue weighted by Gasteiger charge is 2.10. The van der Waals surface area contributed by atoms with Crippen LogP contribution in [0.5, 0.6) is 5.75 Å². The molecule has 0 N–H and O–H groups in total. The van der Waals surface area contributed by atoms with Crippen molar-refractivity contribution < 1.29 is 4.74 Å². The third-order valence-electron chi connectivity index (χ3n) is 3.24. The number of imidazole rings is 1. The Balaban J connectivity index is 1.84. The van der Waals surface area contributed by atoms with Gasteiger partial charge in [0.05, 0.1) is 11.6 Å². The first kappa shape index (κ1) is 14.4. The number of alkyl halides is 1. The lowest BCUT2D eigenvalue weighted by Gasteiger charge is -2.12. The van der Waals surface area contributed by atoms with Crippen LogP contribution in [0.15, 0.2) is 47.2 Å². The number of ether oxygens (including phenoxy) is 1. The first-order chi connectivity index (χ1) is 10.2. The summed E-state index contributed by atoms with van der Waals surface area (Å²) in [6.45, 7) is 2.44. The second kappa shape index (κ2) is 6.08. The highest BCUT2D eigenvalue weighted by atomic mass is 79.9. The van der Waals surface area contributed by atoms with Crippen LogP contribution in [0.1, 0.15) is 16.8 Å². The minimum Gasteiger partial charge on any atom is -0.487 e. The van der Waals surface area contributed by atoms with E-state index in [0.717, 1.165) is 32.7 Å². The van der Waals surface area contributed by atoms with Crippen molar-refractivity contribution in [3.05, 3.63) is 64.0 Å². The smallest absolute Gasteiger partial charge is 0.137 e. The molecule has 3 nitrogen and oxygen atoms in total. The van der Waals surface area contributed by atoms with Gasteiger partial charge in [-0.3, -0.25) is 0 Å². The van der Waals surface area contributed by atoms with Gasteiger partial charge in [-0.2, -0.15) is 0 Å². The number of pyridine rings is 1. The monoisotopic (exact) mass is 364 g/mol. The van der Waals surface area contributed by atoms with E-state index >= 15 is 0 Å². The standard InChI is InChI=1S/C16H14BrClN2O/c1-11-6-13(17)7-12(8-18)16(11)21-10-14-9-20-5-3-2-4-15(20)19-14/h2-7,9H,8,10H2,1H3. The molecule has 5 heteroatoms. The molecule has 21 heavy (non-hydrogen) atoms. The van der Waals surface area contributed by atoms with Crippen LogP contribution in [0.4, 0.5) is 0 Å². The summed E-state index contributed by atoms with van der Waals surface area (Å²) < 4.78 is 8.94. The summed E-state index contributed by atoms with van der Waals surface area (Å²) in [5.41, 5.74) is 3.85. The van der Waals surface area contributed by atoms with Crippen LogP contribution in [0.2, 0.25) is 0 Å². The van der Waals surface area contributed by atoms with E-state index < -0.39 is 0 Å². The molecular formula is C16H14BrClN2O. The third kappa shape index (κ3) is 3.06. The minimum atomic E-state index is 0.417. The van der Waals surface area contributed by atoms with E-state index in [1.165, 1.54) is 0 Å². The van der Waals surface area contributed by atoms with Crippen LogP contribution in [-0.4, -0.2) is 9.38 Å². The van der Waals surface area contributed by atoms with E-state index in [9.17, 15) is 0 Å². The predicted octanol–water partition coefficient (Wildman–Crippen LogP) is 4.72. The highest BCUT2D eigenvalue weighted by molar-refractivity contribution is 9.10. The lowest BCUT2D eigenvalue weighted by atomic mass is 10.1. The van der Waals surface area contributed by atoms with Gasteiger partial charge in [0.25, 0.3) is 0 Å². The minimum absolute atomic E-state index is 0.417. The Labute approximate surface area is 136 Å². The number of benzene rings is 1. The Hall–Kier alpha value is -1.52. The van der Waals surface area contributed by atoms with E-state index in [0.29, 0.717) is 12.5 Å². The summed E-state index contributed by atoms with van der Waals surface area (Å²) in [6.07, 6.45) is 3.95. The molecule has 0 bridgehead atoms. The lowest BCUT2D eigenvalue weighted by molar-refractivity contribution is 0.297. The fraction of sp³-hybridized carbons (Fsp3) is 0.188. The van der Waals surface area contributed by atoms with Crippen molar-refractivity contribution in [3.63, 3.8) is 0 Å². The summed E-state index contributed by atoms with van der Waals surface area (Å²) in [5, 5.41) is 0. The van der Waals surface area contributed by atoms with E-state index in [4.69, 9.17) is 16.3 Å². The number of hydrogen-bond donors (Lipinski definition) is 0. The van der Waals surface area contributed by atoms with Crippen molar-refractivity contribution in [2.75, 3.05) is 0 Å². The normalized spacial score (nSPS) is 11.0. The molecule has 0 amide bonds. The Morgan fingerprint density at radius 1 is 1.33 bits per heavy atom. The Morgan fingerprint density at radius 2 is 2.19 bits per heavy atom. The van der Waals surface area contributed by atoms with Crippen molar-refractivity contribution in [2.45, 2.75) is 19.4 Å². The molecule has 0 aliphatic rings. The van der Waals surface area contributed by atoms with Gasteiger partial charge in [-0.15, -0.1) is 11.6 Å². The quantitative estimate of drug-likeness (QED) is 0.625. The number of halogens is 2. The number of nitrogens with zero attached hydrogens (tertiary/aromatic N) is 2. The Morgan fingerprint density at radius 3 is 2.95 bits per heavy atom. The van der Waals surface area contributed by atoms with E-state index in [-0.39, 0.29) is 0 Å². The molecule has 108 valence electrons. The van der Waals surface area contributed by atoms with E-state index in [1.54, 1.807) is 0 Å². The van der Waals surface area contributed by atoms with Gasteiger partial charge in [-0.1, -0.05) is 22.0 Å². The van der Waals surface area contributed by atoms with Crippen molar-refractivity contribution in [1.82, 2.24) is 9.38 Å². The highest BCUT2D eigenvalue weighted by Crippen LogP contribution is 2.30. The Bertz CT molecular complexity index is 752. The fourth-order valence-corrected chi connectivity index (χ4v) is 3.13. The lowest BCUT2D eigenvalue weighted by Crippen LogP contribution is -2.00. The number of aryl methyl sites for hydroxylation is 1. The molecule has 0 saturated heterocycles. The summed E-state index contributed by atoms with van der Waals surface area (Å²) in [7, 11) is 0. The molecule has 0 aliphatic heterocycles. The second-order valence-corrected chi connectivity index (χ2v) is 6.01. The van der Waals surface area contributed by atoms with Crippen LogP contribution in [0, 0.1) is 6.92 Å². The van der Waals surface area contributed by atoms with Crippen LogP contribution in [0.25, 0.3) is 5.65 Å². The van der Waals surface area contributed by atoms with Gasteiger partial charge in [0.15, 0.2) is 0 Å². The summed E-state index contributed by atoms with van der Waals surface area (Å²) >= 11 is 9.48. The van der Waals surface area contributed by atoms with Crippen LogP contribution >= 0.6 is 27.5 Å². The topological polar surface area (TPSA) is 26.5 Å². The maximum atomic E-state index is 6.00. The zero-order chi connectivity index (χ0) is 14.8. The zero-order valence-electron chi connectivity index (χ0n) is 11.5. The molecule has 3 rings (SSSR count). The van der Waals surface area contributed by atoms with Crippen molar-refractivity contribution >= 4 is 33.2 Å². The predicted molar refractivity (Wildman–Crippen MR) is 88.0 cm³/mol. The van der Waals surface area contributed by atoms with Crippen LogP contribution in [-0.2, 0) is 12.5 Å². The molecule has 3 aromatic rings. The molecule has 2 aromatic heterocycles. The third-order valence-corrected chi connectivity index (χ3v) is 3.98. The molecule has 0 atom stereocenters. The summed E-state index contributed by atoms with van der Waals surface area (Å²) in [6, 6.07) is 9.92. The number of fused-ring (bicyclic) bond motifs is 1. The fourth-order valence-electron chi connectivity index (χ4n) is 2.31. The van der Waals surface area contributed by atoms with Gasteiger partial charge >= 0.3 is 0 Å². The van der Waals surface area contributed by atoms with Crippen molar-refractivity contribution in [3.8, 4) is 5.75 Å². The first-order valence-electron chi connectivity index (χ1n) is 6.58. The van der Waals surface area contributed by atoms with Crippen LogP contribution < -0.4 is 4.74 Å². The van der Waals surface area contributed by atoms with Crippen molar-refractivity contribution in [1.29, 1.82) is 0 Å². The summed E-state index contributed by atoms with van der Waals surface area (Å²) in [5.74, 6) is 1.26. The molecule has 1 aromatic carbocycles. The Kier molecular flexibility index (Phi) is 4.17. The molecular weight excluding hydrogens is 352 g/mol. The van der Waals surface area contributed by atoms with E-state index in [1.807, 2.05) is 54.0 Å². The van der Waals surface area contributed by atoms with Gasteiger partial charge in [0.2, 0.25) is 0 Å². The van der Waals surface area contributed by atoms with Gasteiger partial charge in [-0.05, 0) is 36.8 Å². The van der Waals surface area contributed by atoms with Gasteiger partial charge in [0, 0.05) is 22.4 Å². The average Bonchev–Trinajstić information content (AvgIpc) is 2.88. The van der Waals surface area contributed by atoms with Gasteiger partial charge in [-0.25, -0.2) is 4.98 Å². The van der Waals surface area contributed by atoms with Crippen LogP contribution in [0.3, 0.4) is 0 Å². The maximum absolute atomic E-state index is 6.00. The average molecular weight is 366 g/mol. The summed E-state index contributed by atoms with van der Waals surface area (Å²) in [4.78, 5) is 4.53. The first-order valence-corrected chi connectivity index (χ1v) is 7.90.